The van der Waals surface area contributed by atoms with Gasteiger partial charge < -0.3 is 19.4 Å². The van der Waals surface area contributed by atoms with Crippen molar-refractivity contribution in [3.8, 4) is 11.5 Å². The molecule has 0 bridgehead atoms. The molecule has 0 spiro atoms. The molecule has 0 saturated carbocycles. The van der Waals surface area contributed by atoms with E-state index in [1.54, 1.807) is 36.4 Å². The van der Waals surface area contributed by atoms with Gasteiger partial charge in [0.05, 0.1) is 31.1 Å². The van der Waals surface area contributed by atoms with E-state index in [1.807, 2.05) is 25.1 Å². The van der Waals surface area contributed by atoms with Gasteiger partial charge in [0.2, 0.25) is 0 Å². The van der Waals surface area contributed by atoms with Gasteiger partial charge in [-0.25, -0.2) is 4.79 Å². The maximum absolute atomic E-state index is 12.3. The Morgan fingerprint density at radius 1 is 1.38 bits per heavy atom. The van der Waals surface area contributed by atoms with Crippen LogP contribution in [0.1, 0.15) is 25.3 Å². The molecule has 9 heteroatoms. The van der Waals surface area contributed by atoms with Crippen molar-refractivity contribution in [3.05, 3.63) is 48.1 Å². The van der Waals surface area contributed by atoms with Crippen molar-refractivity contribution in [2.24, 2.45) is 16.2 Å². The van der Waals surface area contributed by atoms with Gasteiger partial charge in [-0.2, -0.15) is 5.10 Å². The van der Waals surface area contributed by atoms with E-state index in [-0.39, 0.29) is 6.61 Å². The van der Waals surface area contributed by atoms with Crippen LogP contribution in [0.2, 0.25) is 0 Å². The maximum atomic E-state index is 12.3. The number of hydrogen-bond donors (Lipinski definition) is 1. The van der Waals surface area contributed by atoms with Crippen LogP contribution in [0.25, 0.3) is 0 Å². The van der Waals surface area contributed by atoms with Gasteiger partial charge in [-0.15, -0.1) is 0 Å². The summed E-state index contributed by atoms with van der Waals surface area (Å²) in [4.78, 5) is 27.8. The molecular formula is C23H27N3O6. The fraction of sp³-hybridized carbons (Fsp3) is 0.391. The third kappa shape index (κ3) is 5.35. The van der Waals surface area contributed by atoms with Crippen molar-refractivity contribution in [1.82, 2.24) is 5.01 Å². The minimum Gasteiger partial charge on any atom is -0.493 e. The third-order valence-corrected chi connectivity index (χ3v) is 5.11. The van der Waals surface area contributed by atoms with E-state index in [2.05, 4.69) is 5.16 Å². The van der Waals surface area contributed by atoms with E-state index in [0.717, 1.165) is 17.7 Å². The maximum Gasteiger partial charge on any atom is 0.329 e. The molecule has 2 aliphatic rings. The lowest BCUT2D eigenvalue weighted by Crippen LogP contribution is -2.48. The largest absolute Gasteiger partial charge is 0.493 e. The van der Waals surface area contributed by atoms with Crippen molar-refractivity contribution >= 4 is 23.7 Å². The summed E-state index contributed by atoms with van der Waals surface area (Å²) in [5.74, 6) is -0.360. The Hall–Kier alpha value is -3.62. The van der Waals surface area contributed by atoms with Gasteiger partial charge in [-0.3, -0.25) is 9.80 Å². The SMILES string of the molecule is CCOc1cc(C2=NN(C(C(=O)O)C3C=CC=CC3=NOCC=O)CCC2)ccc1OC. The Kier molecular flexibility index (Phi) is 8.02. The van der Waals surface area contributed by atoms with Crippen molar-refractivity contribution in [2.45, 2.75) is 25.8 Å². The molecule has 32 heavy (non-hydrogen) atoms. The highest BCUT2D eigenvalue weighted by Crippen LogP contribution is 2.30. The van der Waals surface area contributed by atoms with Crippen LogP contribution in [0.5, 0.6) is 11.5 Å². The molecule has 1 aliphatic heterocycles. The zero-order chi connectivity index (χ0) is 22.9. The Morgan fingerprint density at radius 3 is 2.94 bits per heavy atom. The number of carboxylic acid groups (broad SMARTS) is 1. The smallest absolute Gasteiger partial charge is 0.329 e. The summed E-state index contributed by atoms with van der Waals surface area (Å²) >= 11 is 0. The normalized spacial score (nSPS) is 19.9. The number of ether oxygens (including phenoxy) is 2. The van der Waals surface area contributed by atoms with E-state index < -0.39 is 17.9 Å². The van der Waals surface area contributed by atoms with Gasteiger partial charge in [0.15, 0.2) is 30.4 Å². The number of rotatable bonds is 10. The van der Waals surface area contributed by atoms with Crippen LogP contribution < -0.4 is 9.47 Å². The zero-order valence-electron chi connectivity index (χ0n) is 18.1. The molecule has 9 nitrogen and oxygen atoms in total. The molecule has 170 valence electrons. The zero-order valence-corrected chi connectivity index (χ0v) is 18.1. The highest BCUT2D eigenvalue weighted by atomic mass is 16.6. The fourth-order valence-electron chi connectivity index (χ4n) is 3.71. The van der Waals surface area contributed by atoms with Gasteiger partial charge in [0.25, 0.3) is 0 Å². The number of hydrogen-bond acceptors (Lipinski definition) is 8. The molecule has 0 fully saturated rings. The Labute approximate surface area is 186 Å². The van der Waals surface area contributed by atoms with Gasteiger partial charge in [-0.05, 0) is 44.0 Å². The number of benzene rings is 1. The second-order valence-corrected chi connectivity index (χ2v) is 7.14. The minimum atomic E-state index is -1.02. The van der Waals surface area contributed by atoms with E-state index in [9.17, 15) is 14.7 Å². The lowest BCUT2D eigenvalue weighted by Gasteiger charge is -2.34. The van der Waals surface area contributed by atoms with E-state index >= 15 is 0 Å². The number of nitrogens with zero attached hydrogens (tertiary/aromatic N) is 3. The fourth-order valence-corrected chi connectivity index (χ4v) is 3.71. The van der Waals surface area contributed by atoms with Crippen LogP contribution in [-0.2, 0) is 14.4 Å². The first-order valence-electron chi connectivity index (χ1n) is 10.5. The third-order valence-electron chi connectivity index (χ3n) is 5.11. The molecular weight excluding hydrogens is 414 g/mol. The lowest BCUT2D eigenvalue weighted by molar-refractivity contribution is -0.144. The van der Waals surface area contributed by atoms with Gasteiger partial charge in [0, 0.05) is 12.1 Å². The standard InChI is InChI=1S/C23H27N3O6/c1-3-31-21-15-16(10-11-20(21)30-2)18-9-6-12-26(24-18)22(23(28)29)17-7-4-5-8-19(17)25-32-14-13-27/h4-5,7-8,10-11,13,15,17,22H,3,6,9,12,14H2,1-2H3,(H,28,29). The van der Waals surface area contributed by atoms with Gasteiger partial charge in [0.1, 0.15) is 0 Å². The van der Waals surface area contributed by atoms with Crippen LogP contribution >= 0.6 is 0 Å². The summed E-state index contributed by atoms with van der Waals surface area (Å²) in [6.45, 7) is 2.69. The van der Waals surface area contributed by atoms with Gasteiger partial charge in [-0.1, -0.05) is 23.4 Å². The number of methoxy groups -OCH3 is 1. The number of carboxylic acids is 1. The highest BCUT2D eigenvalue weighted by Gasteiger charge is 2.37. The van der Waals surface area contributed by atoms with Crippen molar-refractivity contribution in [3.63, 3.8) is 0 Å². The monoisotopic (exact) mass is 441 g/mol. The summed E-state index contributed by atoms with van der Waals surface area (Å²) in [5.41, 5.74) is 2.05. The van der Waals surface area contributed by atoms with Crippen molar-refractivity contribution in [1.29, 1.82) is 0 Å². The quantitative estimate of drug-likeness (QED) is 0.338. The van der Waals surface area contributed by atoms with Crippen LogP contribution in [-0.4, -0.2) is 66.7 Å². The Morgan fingerprint density at radius 2 is 2.22 bits per heavy atom. The number of aliphatic carboxylic acids is 1. The van der Waals surface area contributed by atoms with Crippen LogP contribution in [0.4, 0.5) is 0 Å². The minimum absolute atomic E-state index is 0.197. The molecule has 0 amide bonds. The molecule has 0 saturated heterocycles. The van der Waals surface area contributed by atoms with E-state index in [0.29, 0.717) is 43.1 Å². The number of allylic oxidation sites excluding steroid dienone is 3. The summed E-state index contributed by atoms with van der Waals surface area (Å²) < 4.78 is 11.0. The second-order valence-electron chi connectivity index (χ2n) is 7.14. The average Bonchev–Trinajstić information content (AvgIpc) is 2.80. The molecule has 0 radical (unpaired) electrons. The Bertz CT molecular complexity index is 953. The predicted octanol–water partition coefficient (Wildman–Crippen LogP) is 2.66. The van der Waals surface area contributed by atoms with E-state index in [4.69, 9.17) is 19.4 Å². The summed E-state index contributed by atoms with van der Waals surface area (Å²) in [7, 11) is 1.58. The van der Waals surface area contributed by atoms with E-state index in [1.165, 1.54) is 0 Å². The van der Waals surface area contributed by atoms with Crippen molar-refractivity contribution < 1.29 is 29.0 Å². The summed E-state index contributed by atoms with van der Waals surface area (Å²) in [6, 6.07) is 4.60. The molecule has 1 aromatic rings. The molecule has 1 N–H and O–H groups in total. The number of hydrazone groups is 1. The lowest BCUT2D eigenvalue weighted by atomic mass is 9.90. The first kappa shape index (κ1) is 23.1. The predicted molar refractivity (Wildman–Crippen MR) is 119 cm³/mol. The molecule has 2 atom stereocenters. The summed E-state index contributed by atoms with van der Waals surface area (Å²) in [5, 5.41) is 20.3. The molecule has 1 aromatic carbocycles. The number of aldehydes is 1. The van der Waals surface area contributed by atoms with Crippen LogP contribution in [0, 0.1) is 5.92 Å². The molecule has 1 heterocycles. The molecule has 2 unspecified atom stereocenters. The Balaban J connectivity index is 1.92. The van der Waals surface area contributed by atoms with Crippen LogP contribution in [0.15, 0.2) is 52.8 Å². The molecule has 0 aromatic heterocycles. The number of carbonyl (C=O) groups is 2. The molecule has 3 rings (SSSR count). The van der Waals surface area contributed by atoms with Crippen LogP contribution in [0.3, 0.4) is 0 Å². The average molecular weight is 441 g/mol. The summed E-state index contributed by atoms with van der Waals surface area (Å²) in [6.07, 6.45) is 9.00. The van der Waals surface area contributed by atoms with Crippen molar-refractivity contribution in [2.75, 3.05) is 26.9 Å². The molecule has 1 aliphatic carbocycles. The topological polar surface area (TPSA) is 110 Å². The second kappa shape index (κ2) is 11.1. The highest BCUT2D eigenvalue weighted by molar-refractivity contribution is 6.03. The first-order chi connectivity index (χ1) is 15.6. The number of carbonyl (C=O) groups excluding carboxylic acids is 1. The number of oxime groups is 1. The first-order valence-corrected chi connectivity index (χ1v) is 10.5. The van der Waals surface area contributed by atoms with Gasteiger partial charge >= 0.3 is 5.97 Å².